The molecule has 0 atom stereocenters. The molecule has 0 amide bonds. The van der Waals surface area contributed by atoms with Gasteiger partial charge in [-0.2, -0.15) is 4.98 Å². The minimum Gasteiger partial charge on any atom is -0.454 e. The monoisotopic (exact) mass is 368 g/mol. The number of halogens is 1. The molecular formula is C19H17ClN4O2. The van der Waals surface area contributed by atoms with Crippen molar-refractivity contribution in [2.24, 2.45) is 0 Å². The third-order valence-electron chi connectivity index (χ3n) is 3.93. The van der Waals surface area contributed by atoms with E-state index in [1.54, 1.807) is 0 Å². The highest BCUT2D eigenvalue weighted by Crippen LogP contribution is 2.35. The summed E-state index contributed by atoms with van der Waals surface area (Å²) >= 11 is 6.01. The van der Waals surface area contributed by atoms with Crippen LogP contribution in [0, 0.1) is 13.8 Å². The van der Waals surface area contributed by atoms with Crippen molar-refractivity contribution in [3.05, 3.63) is 58.7 Å². The number of aryl methyl sites for hydroxylation is 2. The lowest BCUT2D eigenvalue weighted by Gasteiger charge is -2.12. The van der Waals surface area contributed by atoms with E-state index in [0.717, 1.165) is 34.1 Å². The first-order valence-electron chi connectivity index (χ1n) is 8.12. The second kappa shape index (κ2) is 6.72. The summed E-state index contributed by atoms with van der Waals surface area (Å²) < 4.78 is 10.7. The van der Waals surface area contributed by atoms with Gasteiger partial charge in [-0.3, -0.25) is 0 Å². The van der Waals surface area contributed by atoms with Gasteiger partial charge in [-0.1, -0.05) is 11.6 Å². The van der Waals surface area contributed by atoms with Crippen molar-refractivity contribution in [2.75, 3.05) is 17.4 Å². The molecule has 0 saturated carbocycles. The number of fused-ring (bicyclic) bond motifs is 1. The number of anilines is 4. The lowest BCUT2D eigenvalue weighted by atomic mass is 10.2. The van der Waals surface area contributed by atoms with Gasteiger partial charge in [-0.05, 0) is 49.7 Å². The molecule has 4 rings (SSSR count). The Balaban J connectivity index is 1.58. The Hall–Kier alpha value is -2.99. The molecule has 1 aliphatic rings. The average molecular weight is 369 g/mol. The zero-order chi connectivity index (χ0) is 18.1. The number of hydrogen-bond donors (Lipinski definition) is 2. The van der Waals surface area contributed by atoms with E-state index < -0.39 is 0 Å². The maximum absolute atomic E-state index is 6.01. The van der Waals surface area contributed by atoms with Crippen molar-refractivity contribution in [1.29, 1.82) is 0 Å². The predicted octanol–water partition coefficient (Wildman–Crippen LogP) is 4.96. The van der Waals surface area contributed by atoms with E-state index in [9.17, 15) is 0 Å². The van der Waals surface area contributed by atoms with Gasteiger partial charge in [0.1, 0.15) is 5.82 Å². The number of aromatic nitrogens is 2. The molecule has 2 aromatic carbocycles. The molecule has 6 nitrogen and oxygen atoms in total. The van der Waals surface area contributed by atoms with Crippen LogP contribution in [0.2, 0.25) is 5.02 Å². The van der Waals surface area contributed by atoms with E-state index in [1.165, 1.54) is 0 Å². The van der Waals surface area contributed by atoms with Crippen LogP contribution in [-0.2, 0) is 0 Å². The molecule has 2 N–H and O–H groups in total. The van der Waals surface area contributed by atoms with Crippen molar-refractivity contribution < 1.29 is 9.47 Å². The number of rotatable bonds is 4. The standard InChI is InChI=1S/C19H17ClN4O2/c1-11-7-13(20)3-5-15(11)23-19-21-12(2)8-18(24-19)22-14-4-6-16-17(9-14)26-10-25-16/h3-9H,10H2,1-2H3,(H2,21,22,23,24). The summed E-state index contributed by atoms with van der Waals surface area (Å²) in [5.41, 5.74) is 3.64. The molecule has 1 aromatic heterocycles. The molecule has 0 radical (unpaired) electrons. The second-order valence-electron chi connectivity index (χ2n) is 6.00. The molecule has 7 heteroatoms. The summed E-state index contributed by atoms with van der Waals surface area (Å²) in [5, 5.41) is 7.22. The van der Waals surface area contributed by atoms with E-state index in [2.05, 4.69) is 20.6 Å². The molecule has 0 bridgehead atoms. The average Bonchev–Trinajstić information content (AvgIpc) is 3.05. The summed E-state index contributed by atoms with van der Waals surface area (Å²) in [6, 6.07) is 13.2. The fourth-order valence-corrected chi connectivity index (χ4v) is 2.93. The number of hydrogen-bond acceptors (Lipinski definition) is 6. The Bertz CT molecular complexity index is 978. The zero-order valence-corrected chi connectivity index (χ0v) is 15.1. The Labute approximate surface area is 156 Å². The number of nitrogens with one attached hydrogen (secondary N) is 2. The molecule has 1 aliphatic heterocycles. The van der Waals surface area contributed by atoms with Crippen molar-refractivity contribution in [3.63, 3.8) is 0 Å². The first kappa shape index (κ1) is 16.5. The molecule has 0 unspecified atom stereocenters. The highest BCUT2D eigenvalue weighted by Gasteiger charge is 2.13. The van der Waals surface area contributed by atoms with E-state index in [-0.39, 0.29) is 6.79 Å². The normalized spacial score (nSPS) is 12.1. The van der Waals surface area contributed by atoms with Crippen molar-refractivity contribution in [2.45, 2.75) is 13.8 Å². The van der Waals surface area contributed by atoms with Gasteiger partial charge in [0.2, 0.25) is 12.7 Å². The van der Waals surface area contributed by atoms with Crippen LogP contribution in [0.15, 0.2) is 42.5 Å². The maximum atomic E-state index is 6.01. The first-order valence-corrected chi connectivity index (χ1v) is 8.50. The molecule has 0 saturated heterocycles. The fourth-order valence-electron chi connectivity index (χ4n) is 2.70. The van der Waals surface area contributed by atoms with Crippen molar-refractivity contribution in [1.82, 2.24) is 9.97 Å². The number of benzene rings is 2. The molecule has 132 valence electrons. The fraction of sp³-hybridized carbons (Fsp3) is 0.158. The Kier molecular flexibility index (Phi) is 4.26. The molecule has 0 aliphatic carbocycles. The van der Waals surface area contributed by atoms with Crippen LogP contribution in [0.4, 0.5) is 23.1 Å². The number of ether oxygens (including phenoxy) is 2. The SMILES string of the molecule is Cc1cc(Nc2ccc3c(c2)OCO3)nc(Nc2ccc(Cl)cc2C)n1. The molecule has 0 fully saturated rings. The predicted molar refractivity (Wildman–Crippen MR) is 102 cm³/mol. The van der Waals surface area contributed by atoms with Gasteiger partial charge in [0.25, 0.3) is 0 Å². The maximum Gasteiger partial charge on any atom is 0.231 e. The minimum atomic E-state index is 0.250. The van der Waals surface area contributed by atoms with Gasteiger partial charge in [0.15, 0.2) is 11.5 Å². The highest BCUT2D eigenvalue weighted by atomic mass is 35.5. The van der Waals surface area contributed by atoms with E-state index in [1.807, 2.05) is 56.3 Å². The zero-order valence-electron chi connectivity index (χ0n) is 14.3. The summed E-state index contributed by atoms with van der Waals surface area (Å²) in [7, 11) is 0. The molecule has 26 heavy (non-hydrogen) atoms. The van der Waals surface area contributed by atoms with Crippen LogP contribution in [0.1, 0.15) is 11.3 Å². The summed E-state index contributed by atoms with van der Waals surface area (Å²) in [4.78, 5) is 9.00. The van der Waals surface area contributed by atoms with Gasteiger partial charge in [0.05, 0.1) is 0 Å². The Morgan fingerprint density at radius 1 is 0.923 bits per heavy atom. The van der Waals surface area contributed by atoms with Gasteiger partial charge in [-0.15, -0.1) is 0 Å². The minimum absolute atomic E-state index is 0.250. The van der Waals surface area contributed by atoms with Crippen LogP contribution in [0.5, 0.6) is 11.5 Å². The lowest BCUT2D eigenvalue weighted by molar-refractivity contribution is 0.174. The van der Waals surface area contributed by atoms with Gasteiger partial charge in [-0.25, -0.2) is 4.98 Å². The van der Waals surface area contributed by atoms with E-state index in [0.29, 0.717) is 16.8 Å². The first-order chi connectivity index (χ1) is 12.6. The molecule has 3 aromatic rings. The van der Waals surface area contributed by atoms with E-state index in [4.69, 9.17) is 21.1 Å². The van der Waals surface area contributed by atoms with Gasteiger partial charge in [0, 0.05) is 34.2 Å². The Morgan fingerprint density at radius 2 is 1.77 bits per heavy atom. The molecule has 0 spiro atoms. The van der Waals surface area contributed by atoms with Crippen molar-refractivity contribution >= 4 is 34.7 Å². The molecular weight excluding hydrogens is 352 g/mol. The largest absolute Gasteiger partial charge is 0.454 e. The summed E-state index contributed by atoms with van der Waals surface area (Å²) in [6.07, 6.45) is 0. The third-order valence-corrected chi connectivity index (χ3v) is 4.17. The van der Waals surface area contributed by atoms with Crippen LogP contribution < -0.4 is 20.1 Å². The highest BCUT2D eigenvalue weighted by molar-refractivity contribution is 6.30. The van der Waals surface area contributed by atoms with Crippen LogP contribution >= 0.6 is 11.6 Å². The second-order valence-corrected chi connectivity index (χ2v) is 6.43. The third kappa shape index (κ3) is 3.50. The quantitative estimate of drug-likeness (QED) is 0.678. The van der Waals surface area contributed by atoms with Crippen LogP contribution in [0.25, 0.3) is 0 Å². The Morgan fingerprint density at radius 3 is 2.62 bits per heavy atom. The smallest absolute Gasteiger partial charge is 0.231 e. The summed E-state index contributed by atoms with van der Waals surface area (Å²) in [6.45, 7) is 4.15. The van der Waals surface area contributed by atoms with Crippen LogP contribution in [-0.4, -0.2) is 16.8 Å². The van der Waals surface area contributed by atoms with Crippen molar-refractivity contribution in [3.8, 4) is 11.5 Å². The summed E-state index contributed by atoms with van der Waals surface area (Å²) in [5.74, 6) is 2.66. The molecule has 2 heterocycles. The lowest BCUT2D eigenvalue weighted by Crippen LogP contribution is -2.03. The topological polar surface area (TPSA) is 68.3 Å². The van der Waals surface area contributed by atoms with Gasteiger partial charge < -0.3 is 20.1 Å². The van der Waals surface area contributed by atoms with Gasteiger partial charge >= 0.3 is 0 Å². The van der Waals surface area contributed by atoms with Crippen LogP contribution in [0.3, 0.4) is 0 Å². The van der Waals surface area contributed by atoms with E-state index >= 15 is 0 Å². The number of nitrogens with zero attached hydrogens (tertiary/aromatic N) is 2.